The van der Waals surface area contributed by atoms with E-state index in [0.717, 1.165) is 16.8 Å². The molecular formula is C18H18N4O2. The normalized spacial score (nSPS) is 10.5. The Bertz CT molecular complexity index is 843. The van der Waals surface area contributed by atoms with Crippen LogP contribution in [0.2, 0.25) is 0 Å². The van der Waals surface area contributed by atoms with Crippen LogP contribution in [0.4, 0.5) is 5.69 Å². The van der Waals surface area contributed by atoms with Gasteiger partial charge < -0.3 is 15.6 Å². The van der Waals surface area contributed by atoms with E-state index in [1.54, 1.807) is 12.1 Å². The third kappa shape index (κ3) is 3.60. The molecule has 3 N–H and O–H groups in total. The maximum atomic E-state index is 11.4. The maximum absolute atomic E-state index is 11.4. The van der Waals surface area contributed by atoms with Crippen LogP contribution < -0.4 is 11.1 Å². The molecule has 0 atom stereocenters. The Morgan fingerprint density at radius 2 is 1.96 bits per heavy atom. The lowest BCUT2D eigenvalue weighted by molar-refractivity contribution is 0.1000. The summed E-state index contributed by atoms with van der Waals surface area (Å²) in [5, 5.41) is 7.19. The molecule has 122 valence electrons. The number of hydrogen-bond donors (Lipinski definition) is 2. The summed E-state index contributed by atoms with van der Waals surface area (Å²) in [6, 6.07) is 15.3. The highest BCUT2D eigenvalue weighted by atomic mass is 16.5. The van der Waals surface area contributed by atoms with Crippen LogP contribution in [0.5, 0.6) is 0 Å². The average molecular weight is 322 g/mol. The predicted molar refractivity (Wildman–Crippen MR) is 90.6 cm³/mol. The number of nitrogens with one attached hydrogen (secondary N) is 1. The van der Waals surface area contributed by atoms with E-state index in [2.05, 4.69) is 15.5 Å². The maximum Gasteiger partial charge on any atom is 0.249 e. The van der Waals surface area contributed by atoms with E-state index in [0.29, 0.717) is 30.2 Å². The highest BCUT2D eigenvalue weighted by Gasteiger charge is 2.10. The summed E-state index contributed by atoms with van der Waals surface area (Å²) in [7, 11) is 0. The lowest BCUT2D eigenvalue weighted by Crippen LogP contribution is -2.14. The lowest BCUT2D eigenvalue weighted by Gasteiger charge is -2.09. The van der Waals surface area contributed by atoms with Gasteiger partial charge in [-0.1, -0.05) is 41.6 Å². The zero-order valence-corrected chi connectivity index (χ0v) is 13.3. The number of nitrogens with zero attached hydrogens (tertiary/aromatic N) is 2. The van der Waals surface area contributed by atoms with Crippen LogP contribution in [0, 0.1) is 6.92 Å². The minimum Gasteiger partial charge on any atom is -0.376 e. The molecule has 0 saturated heterocycles. The van der Waals surface area contributed by atoms with Crippen molar-refractivity contribution in [3.63, 3.8) is 0 Å². The molecule has 0 fully saturated rings. The third-order valence-corrected chi connectivity index (χ3v) is 3.74. The van der Waals surface area contributed by atoms with Gasteiger partial charge in [-0.25, -0.2) is 0 Å². The minimum absolute atomic E-state index is 0.380. The van der Waals surface area contributed by atoms with Gasteiger partial charge in [0.05, 0.1) is 6.54 Å². The molecule has 2 aromatic carbocycles. The van der Waals surface area contributed by atoms with Gasteiger partial charge in [-0.15, -0.1) is 0 Å². The summed E-state index contributed by atoms with van der Waals surface area (Å²) < 4.78 is 5.26. The number of amides is 1. The summed E-state index contributed by atoms with van der Waals surface area (Å²) in [5.74, 6) is 0.685. The van der Waals surface area contributed by atoms with E-state index in [1.807, 2.05) is 43.3 Å². The van der Waals surface area contributed by atoms with E-state index < -0.39 is 5.91 Å². The number of primary amides is 1. The van der Waals surface area contributed by atoms with Gasteiger partial charge in [-0.05, 0) is 30.2 Å². The van der Waals surface area contributed by atoms with Crippen LogP contribution in [-0.2, 0) is 13.0 Å². The molecule has 0 aliphatic carbocycles. The second-order valence-electron chi connectivity index (χ2n) is 5.46. The van der Waals surface area contributed by atoms with Crippen LogP contribution in [-0.4, -0.2) is 16.0 Å². The molecule has 0 aliphatic rings. The molecule has 6 nitrogen and oxygen atoms in total. The first-order valence-corrected chi connectivity index (χ1v) is 7.62. The van der Waals surface area contributed by atoms with Crippen molar-refractivity contribution in [1.82, 2.24) is 10.1 Å². The first-order valence-electron chi connectivity index (χ1n) is 7.62. The van der Waals surface area contributed by atoms with Crippen molar-refractivity contribution < 1.29 is 9.32 Å². The molecular weight excluding hydrogens is 304 g/mol. The van der Waals surface area contributed by atoms with Crippen LogP contribution in [0.25, 0.3) is 0 Å². The molecule has 0 spiro atoms. The zero-order chi connectivity index (χ0) is 16.9. The smallest absolute Gasteiger partial charge is 0.249 e. The van der Waals surface area contributed by atoms with Crippen molar-refractivity contribution in [2.24, 2.45) is 5.73 Å². The zero-order valence-electron chi connectivity index (χ0n) is 13.3. The molecule has 1 aromatic heterocycles. The second-order valence-corrected chi connectivity index (χ2v) is 5.46. The van der Waals surface area contributed by atoms with Gasteiger partial charge in [0.15, 0.2) is 5.82 Å². The van der Waals surface area contributed by atoms with Gasteiger partial charge in [0.2, 0.25) is 11.8 Å². The predicted octanol–water partition coefficient (Wildman–Crippen LogP) is 2.68. The first kappa shape index (κ1) is 15.7. The standard InChI is InChI=1S/C18H18N4O2/c1-12-14(18(19)23)8-5-9-15(12)20-11-17-21-16(22-24-17)10-13-6-3-2-4-7-13/h2-9,20H,10-11H2,1H3,(H2,19,23). The van der Waals surface area contributed by atoms with Crippen molar-refractivity contribution in [1.29, 1.82) is 0 Å². The summed E-state index contributed by atoms with van der Waals surface area (Å²) >= 11 is 0. The molecule has 0 bridgehead atoms. The van der Waals surface area contributed by atoms with Crippen LogP contribution >= 0.6 is 0 Å². The topological polar surface area (TPSA) is 94.0 Å². The number of aromatic nitrogens is 2. The number of anilines is 1. The summed E-state index contributed by atoms with van der Waals surface area (Å²) in [6.45, 7) is 2.22. The van der Waals surface area contributed by atoms with Gasteiger partial charge in [0.25, 0.3) is 0 Å². The summed E-state index contributed by atoms with van der Waals surface area (Å²) in [5.41, 5.74) is 8.60. The van der Waals surface area contributed by atoms with Crippen molar-refractivity contribution in [3.8, 4) is 0 Å². The highest BCUT2D eigenvalue weighted by Crippen LogP contribution is 2.19. The Kier molecular flexibility index (Phi) is 4.56. The van der Waals surface area contributed by atoms with Crippen molar-refractivity contribution in [2.75, 3.05) is 5.32 Å². The molecule has 3 rings (SSSR count). The number of hydrogen-bond acceptors (Lipinski definition) is 5. The van der Waals surface area contributed by atoms with E-state index in [4.69, 9.17) is 10.3 Å². The largest absolute Gasteiger partial charge is 0.376 e. The summed E-state index contributed by atoms with van der Waals surface area (Å²) in [4.78, 5) is 15.8. The van der Waals surface area contributed by atoms with Gasteiger partial charge >= 0.3 is 0 Å². The van der Waals surface area contributed by atoms with Gasteiger partial charge in [-0.3, -0.25) is 4.79 Å². The fourth-order valence-electron chi connectivity index (χ4n) is 2.48. The third-order valence-electron chi connectivity index (χ3n) is 3.74. The van der Waals surface area contributed by atoms with Gasteiger partial charge in [0, 0.05) is 17.7 Å². The SMILES string of the molecule is Cc1c(NCc2nc(Cc3ccccc3)no2)cccc1C(N)=O. The highest BCUT2D eigenvalue weighted by molar-refractivity contribution is 5.95. The number of nitrogens with two attached hydrogens (primary N) is 1. The molecule has 0 radical (unpaired) electrons. The fourth-order valence-corrected chi connectivity index (χ4v) is 2.48. The van der Waals surface area contributed by atoms with Crippen molar-refractivity contribution in [3.05, 3.63) is 76.9 Å². The molecule has 1 amide bonds. The van der Waals surface area contributed by atoms with Crippen molar-refractivity contribution >= 4 is 11.6 Å². The number of carbonyl (C=O) groups is 1. The van der Waals surface area contributed by atoms with Crippen molar-refractivity contribution in [2.45, 2.75) is 19.9 Å². The van der Waals surface area contributed by atoms with E-state index >= 15 is 0 Å². The molecule has 3 aromatic rings. The quantitative estimate of drug-likeness (QED) is 0.727. The molecule has 1 heterocycles. The van der Waals surface area contributed by atoms with Crippen LogP contribution in [0.15, 0.2) is 53.1 Å². The van der Waals surface area contributed by atoms with E-state index in [1.165, 1.54) is 0 Å². The Balaban J connectivity index is 1.66. The number of benzene rings is 2. The fraction of sp³-hybridized carbons (Fsp3) is 0.167. The average Bonchev–Trinajstić information content (AvgIpc) is 3.02. The Morgan fingerprint density at radius 3 is 2.71 bits per heavy atom. The van der Waals surface area contributed by atoms with Gasteiger partial charge in [-0.2, -0.15) is 4.98 Å². The lowest BCUT2D eigenvalue weighted by atomic mass is 10.1. The molecule has 24 heavy (non-hydrogen) atoms. The molecule has 6 heteroatoms. The first-order chi connectivity index (χ1) is 11.6. The molecule has 0 unspecified atom stereocenters. The second kappa shape index (κ2) is 6.95. The Morgan fingerprint density at radius 1 is 1.17 bits per heavy atom. The Labute approximate surface area is 139 Å². The number of carbonyl (C=O) groups excluding carboxylic acids is 1. The monoisotopic (exact) mass is 322 g/mol. The van der Waals surface area contributed by atoms with Crippen LogP contribution in [0.1, 0.15) is 33.2 Å². The van der Waals surface area contributed by atoms with E-state index in [9.17, 15) is 4.79 Å². The van der Waals surface area contributed by atoms with Crippen LogP contribution in [0.3, 0.4) is 0 Å². The molecule has 0 saturated carbocycles. The minimum atomic E-state index is -0.445. The van der Waals surface area contributed by atoms with Gasteiger partial charge in [0.1, 0.15) is 0 Å². The summed E-state index contributed by atoms with van der Waals surface area (Å²) in [6.07, 6.45) is 0.626. The van der Waals surface area contributed by atoms with E-state index in [-0.39, 0.29) is 0 Å². The number of rotatable bonds is 6. The molecule has 0 aliphatic heterocycles. The Hall–Kier alpha value is -3.15.